The number of nitrogens with one attached hydrogen (secondary N) is 1. The van der Waals surface area contributed by atoms with E-state index < -0.39 is 0 Å². The van der Waals surface area contributed by atoms with Gasteiger partial charge in [0.2, 0.25) is 0 Å². The van der Waals surface area contributed by atoms with E-state index in [2.05, 4.69) is 22.3 Å². The van der Waals surface area contributed by atoms with E-state index in [4.69, 9.17) is 4.74 Å². The molecule has 2 aliphatic heterocycles. The van der Waals surface area contributed by atoms with Gasteiger partial charge in [0.15, 0.2) is 0 Å². The standard InChI is InChI=1S/C14H19N3O2/c18-14-11-19-9-8-17(14)13-3-1-2-12(10-13)16-6-4-15-5-7-16/h1-3,10,15H,4-9,11H2. The van der Waals surface area contributed by atoms with E-state index in [9.17, 15) is 4.79 Å². The summed E-state index contributed by atoms with van der Waals surface area (Å²) in [4.78, 5) is 16.0. The molecule has 0 radical (unpaired) electrons. The Labute approximate surface area is 113 Å². The van der Waals surface area contributed by atoms with Crippen molar-refractivity contribution in [2.75, 3.05) is 55.7 Å². The number of carbonyl (C=O) groups is 1. The van der Waals surface area contributed by atoms with Gasteiger partial charge in [0.1, 0.15) is 6.61 Å². The number of rotatable bonds is 2. The highest BCUT2D eigenvalue weighted by molar-refractivity contribution is 5.95. The van der Waals surface area contributed by atoms with E-state index in [1.807, 2.05) is 17.0 Å². The van der Waals surface area contributed by atoms with Gasteiger partial charge in [0, 0.05) is 44.1 Å². The van der Waals surface area contributed by atoms with Crippen molar-refractivity contribution >= 4 is 17.3 Å². The van der Waals surface area contributed by atoms with Gasteiger partial charge >= 0.3 is 0 Å². The molecule has 1 aromatic rings. The number of hydrogen-bond acceptors (Lipinski definition) is 4. The van der Waals surface area contributed by atoms with E-state index in [0.717, 1.165) is 31.9 Å². The Morgan fingerprint density at radius 2 is 1.89 bits per heavy atom. The van der Waals surface area contributed by atoms with E-state index in [0.29, 0.717) is 13.2 Å². The summed E-state index contributed by atoms with van der Waals surface area (Å²) in [5, 5.41) is 3.35. The Balaban J connectivity index is 1.80. The Morgan fingerprint density at radius 3 is 2.68 bits per heavy atom. The van der Waals surface area contributed by atoms with Gasteiger partial charge in [0.25, 0.3) is 5.91 Å². The first-order chi connectivity index (χ1) is 9.34. The molecule has 1 aromatic carbocycles. The summed E-state index contributed by atoms with van der Waals surface area (Å²) in [6.07, 6.45) is 0. The number of ether oxygens (including phenoxy) is 1. The van der Waals surface area contributed by atoms with Crippen LogP contribution in [0, 0.1) is 0 Å². The number of amides is 1. The summed E-state index contributed by atoms with van der Waals surface area (Å²) in [6, 6.07) is 8.23. The van der Waals surface area contributed by atoms with Gasteiger partial charge in [-0.2, -0.15) is 0 Å². The van der Waals surface area contributed by atoms with Crippen molar-refractivity contribution < 1.29 is 9.53 Å². The molecule has 2 saturated heterocycles. The number of carbonyl (C=O) groups excluding carboxylic acids is 1. The molecule has 0 spiro atoms. The van der Waals surface area contributed by atoms with Crippen LogP contribution in [-0.4, -0.2) is 51.8 Å². The SMILES string of the molecule is O=C1COCCN1c1cccc(N2CCNCC2)c1. The summed E-state index contributed by atoms with van der Waals surface area (Å²) < 4.78 is 5.17. The minimum atomic E-state index is 0.0451. The topological polar surface area (TPSA) is 44.8 Å². The summed E-state index contributed by atoms with van der Waals surface area (Å²) in [5.74, 6) is 0.0451. The lowest BCUT2D eigenvalue weighted by atomic mass is 10.2. The first kappa shape index (κ1) is 12.4. The predicted molar refractivity (Wildman–Crippen MR) is 74.7 cm³/mol. The highest BCUT2D eigenvalue weighted by Crippen LogP contribution is 2.23. The van der Waals surface area contributed by atoms with Crippen molar-refractivity contribution in [1.29, 1.82) is 0 Å². The molecule has 19 heavy (non-hydrogen) atoms. The quantitative estimate of drug-likeness (QED) is 0.840. The molecule has 0 aromatic heterocycles. The zero-order valence-electron chi connectivity index (χ0n) is 11.0. The summed E-state index contributed by atoms with van der Waals surface area (Å²) in [5.41, 5.74) is 2.17. The summed E-state index contributed by atoms with van der Waals surface area (Å²) in [6.45, 7) is 5.51. The average molecular weight is 261 g/mol. The molecule has 0 atom stereocenters. The third-order valence-corrected chi connectivity index (χ3v) is 3.61. The fourth-order valence-corrected chi connectivity index (χ4v) is 2.57. The van der Waals surface area contributed by atoms with Crippen molar-refractivity contribution in [2.24, 2.45) is 0 Å². The maximum absolute atomic E-state index is 11.9. The number of hydrogen-bond donors (Lipinski definition) is 1. The van der Waals surface area contributed by atoms with Crippen molar-refractivity contribution in [2.45, 2.75) is 0 Å². The fourth-order valence-electron chi connectivity index (χ4n) is 2.57. The minimum absolute atomic E-state index is 0.0451. The van der Waals surface area contributed by atoms with Crippen molar-refractivity contribution in [1.82, 2.24) is 5.32 Å². The Hall–Kier alpha value is -1.59. The minimum Gasteiger partial charge on any atom is -0.370 e. The summed E-state index contributed by atoms with van der Waals surface area (Å²) >= 11 is 0. The molecule has 0 unspecified atom stereocenters. The lowest BCUT2D eigenvalue weighted by Crippen LogP contribution is -2.44. The number of nitrogens with zero attached hydrogens (tertiary/aromatic N) is 2. The first-order valence-electron chi connectivity index (χ1n) is 6.78. The van der Waals surface area contributed by atoms with Gasteiger partial charge < -0.3 is 19.9 Å². The zero-order valence-corrected chi connectivity index (χ0v) is 11.0. The van der Waals surface area contributed by atoms with Gasteiger partial charge in [-0.1, -0.05) is 6.07 Å². The van der Waals surface area contributed by atoms with Crippen molar-refractivity contribution in [3.8, 4) is 0 Å². The fraction of sp³-hybridized carbons (Fsp3) is 0.500. The van der Waals surface area contributed by atoms with Crippen LogP contribution in [0.1, 0.15) is 0 Å². The Bertz CT molecular complexity index is 458. The number of morpholine rings is 1. The molecule has 1 N–H and O–H groups in total. The summed E-state index contributed by atoms with van der Waals surface area (Å²) in [7, 11) is 0. The number of piperazine rings is 1. The van der Waals surface area contributed by atoms with Crippen LogP contribution >= 0.6 is 0 Å². The molecule has 2 aliphatic rings. The smallest absolute Gasteiger partial charge is 0.253 e. The molecule has 1 amide bonds. The van der Waals surface area contributed by atoms with Gasteiger partial charge in [-0.05, 0) is 18.2 Å². The molecular weight excluding hydrogens is 242 g/mol. The lowest BCUT2D eigenvalue weighted by Gasteiger charge is -2.31. The van der Waals surface area contributed by atoms with Crippen LogP contribution < -0.4 is 15.1 Å². The second-order valence-electron chi connectivity index (χ2n) is 4.85. The molecule has 0 aliphatic carbocycles. The van der Waals surface area contributed by atoms with Crippen LogP contribution in [0.25, 0.3) is 0 Å². The third-order valence-electron chi connectivity index (χ3n) is 3.61. The van der Waals surface area contributed by atoms with Crippen LogP contribution in [-0.2, 0) is 9.53 Å². The zero-order chi connectivity index (χ0) is 13.1. The largest absolute Gasteiger partial charge is 0.370 e. The second kappa shape index (κ2) is 5.59. The molecule has 2 heterocycles. The third kappa shape index (κ3) is 2.72. The van der Waals surface area contributed by atoms with Crippen LogP contribution in [0.2, 0.25) is 0 Å². The van der Waals surface area contributed by atoms with Gasteiger partial charge in [0.05, 0.1) is 6.61 Å². The van der Waals surface area contributed by atoms with Gasteiger partial charge in [-0.3, -0.25) is 4.79 Å². The molecule has 3 rings (SSSR count). The van der Waals surface area contributed by atoms with E-state index in [-0.39, 0.29) is 12.5 Å². The number of benzene rings is 1. The second-order valence-corrected chi connectivity index (χ2v) is 4.85. The average Bonchev–Trinajstić information content (AvgIpc) is 2.49. The molecule has 5 nitrogen and oxygen atoms in total. The highest BCUT2D eigenvalue weighted by Gasteiger charge is 2.21. The van der Waals surface area contributed by atoms with Gasteiger partial charge in [-0.25, -0.2) is 0 Å². The Kier molecular flexibility index (Phi) is 3.66. The number of anilines is 2. The highest BCUT2D eigenvalue weighted by atomic mass is 16.5. The maximum atomic E-state index is 11.9. The van der Waals surface area contributed by atoms with Crippen LogP contribution in [0.3, 0.4) is 0 Å². The van der Waals surface area contributed by atoms with Crippen LogP contribution in [0.15, 0.2) is 24.3 Å². The Morgan fingerprint density at radius 1 is 1.11 bits per heavy atom. The van der Waals surface area contributed by atoms with Crippen LogP contribution in [0.4, 0.5) is 11.4 Å². The molecule has 102 valence electrons. The molecule has 2 fully saturated rings. The maximum Gasteiger partial charge on any atom is 0.253 e. The molecule has 0 bridgehead atoms. The van der Waals surface area contributed by atoms with E-state index in [1.165, 1.54) is 5.69 Å². The molecular formula is C14H19N3O2. The normalized spacial score (nSPS) is 20.7. The van der Waals surface area contributed by atoms with Crippen LogP contribution in [0.5, 0.6) is 0 Å². The molecule has 5 heteroatoms. The van der Waals surface area contributed by atoms with Crippen molar-refractivity contribution in [3.63, 3.8) is 0 Å². The first-order valence-corrected chi connectivity index (χ1v) is 6.78. The monoisotopic (exact) mass is 261 g/mol. The predicted octanol–water partition coefficient (Wildman–Crippen LogP) is 0.459. The van der Waals surface area contributed by atoms with Crippen molar-refractivity contribution in [3.05, 3.63) is 24.3 Å². The molecule has 0 saturated carbocycles. The van der Waals surface area contributed by atoms with E-state index in [1.54, 1.807) is 0 Å². The van der Waals surface area contributed by atoms with Gasteiger partial charge in [-0.15, -0.1) is 0 Å². The lowest BCUT2D eigenvalue weighted by molar-refractivity contribution is -0.125. The van der Waals surface area contributed by atoms with E-state index >= 15 is 0 Å².